The summed E-state index contributed by atoms with van der Waals surface area (Å²) < 4.78 is 17.0. The predicted octanol–water partition coefficient (Wildman–Crippen LogP) is 4.63. The molecule has 5 nitrogen and oxygen atoms in total. The van der Waals surface area contributed by atoms with E-state index in [4.69, 9.17) is 14.2 Å². The smallest absolute Gasteiger partial charge is 0.258 e. The van der Waals surface area contributed by atoms with Crippen molar-refractivity contribution < 1.29 is 19.0 Å². The minimum Gasteiger partial charge on any atom is -0.484 e. The number of hydrogen-bond donors (Lipinski definition) is 1. The fourth-order valence-electron chi connectivity index (χ4n) is 3.19. The molecule has 2 aromatic carbocycles. The van der Waals surface area contributed by atoms with Crippen molar-refractivity contribution in [2.75, 3.05) is 13.2 Å². The van der Waals surface area contributed by atoms with Gasteiger partial charge < -0.3 is 19.5 Å². The highest BCUT2D eigenvalue weighted by molar-refractivity contribution is 5.77. The normalized spacial score (nSPS) is 17.1. The Morgan fingerprint density at radius 1 is 1.11 bits per heavy atom. The van der Waals surface area contributed by atoms with Crippen molar-refractivity contribution in [3.05, 3.63) is 54.1 Å². The number of nitrogens with one attached hydrogen (secondary N) is 1. The van der Waals surface area contributed by atoms with Gasteiger partial charge >= 0.3 is 0 Å². The van der Waals surface area contributed by atoms with Gasteiger partial charge in [-0.1, -0.05) is 17.7 Å². The van der Waals surface area contributed by atoms with E-state index in [2.05, 4.69) is 5.32 Å². The second-order valence-corrected chi connectivity index (χ2v) is 7.36. The summed E-state index contributed by atoms with van der Waals surface area (Å²) in [6.07, 6.45) is 4.55. The van der Waals surface area contributed by atoms with Gasteiger partial charge in [-0.25, -0.2) is 0 Å². The highest BCUT2D eigenvalue weighted by Crippen LogP contribution is 2.24. The summed E-state index contributed by atoms with van der Waals surface area (Å²) in [5.74, 6) is 2.04. The van der Waals surface area contributed by atoms with Crippen LogP contribution in [-0.2, 0) is 9.53 Å². The first kappa shape index (κ1) is 20.2. The fourth-order valence-corrected chi connectivity index (χ4v) is 3.19. The van der Waals surface area contributed by atoms with Crippen molar-refractivity contribution in [1.82, 2.24) is 5.32 Å². The van der Waals surface area contributed by atoms with Crippen LogP contribution in [0.15, 0.2) is 48.5 Å². The quantitative estimate of drug-likeness (QED) is 0.686. The second kappa shape index (κ2) is 10.1. The largest absolute Gasteiger partial charge is 0.484 e. The summed E-state index contributed by atoms with van der Waals surface area (Å²) in [6.45, 7) is 4.93. The van der Waals surface area contributed by atoms with E-state index in [9.17, 15) is 4.79 Å². The molecule has 1 N–H and O–H groups in total. The predicted molar refractivity (Wildman–Crippen MR) is 109 cm³/mol. The lowest BCUT2D eigenvalue weighted by atomic mass is 10.1. The Hall–Kier alpha value is -2.53. The van der Waals surface area contributed by atoms with Crippen LogP contribution in [0.5, 0.6) is 17.2 Å². The molecule has 5 heteroatoms. The summed E-state index contributed by atoms with van der Waals surface area (Å²) in [5.41, 5.74) is 1.19. The van der Waals surface area contributed by atoms with Crippen molar-refractivity contribution in [3.8, 4) is 17.2 Å². The molecule has 1 amide bonds. The van der Waals surface area contributed by atoms with Gasteiger partial charge in [0.1, 0.15) is 17.2 Å². The first-order chi connectivity index (χ1) is 13.6. The Balaban J connectivity index is 1.37. The zero-order valence-corrected chi connectivity index (χ0v) is 16.6. The van der Waals surface area contributed by atoms with Gasteiger partial charge in [0.25, 0.3) is 5.91 Å². The van der Waals surface area contributed by atoms with Crippen LogP contribution in [0.25, 0.3) is 0 Å². The van der Waals surface area contributed by atoms with Crippen LogP contribution in [-0.4, -0.2) is 31.3 Å². The summed E-state index contributed by atoms with van der Waals surface area (Å²) in [4.78, 5) is 12.1. The van der Waals surface area contributed by atoms with E-state index in [1.807, 2.05) is 50.2 Å². The minimum absolute atomic E-state index is 0.00242. The van der Waals surface area contributed by atoms with Crippen LogP contribution >= 0.6 is 0 Å². The molecule has 1 aliphatic rings. The Bertz CT molecular complexity index is 736. The molecular formula is C23H29NO4. The molecule has 0 spiro atoms. The van der Waals surface area contributed by atoms with E-state index < -0.39 is 0 Å². The third kappa shape index (κ3) is 6.57. The van der Waals surface area contributed by atoms with E-state index in [0.717, 1.165) is 43.8 Å². The molecule has 2 atom stereocenters. The Morgan fingerprint density at radius 3 is 2.39 bits per heavy atom. The van der Waals surface area contributed by atoms with Crippen LogP contribution in [0.3, 0.4) is 0 Å². The number of carbonyl (C=O) groups excluding carboxylic acids is 1. The molecule has 2 aromatic rings. The number of amides is 1. The molecular weight excluding hydrogens is 354 g/mol. The number of rotatable bonds is 9. The zero-order valence-electron chi connectivity index (χ0n) is 16.6. The lowest BCUT2D eigenvalue weighted by molar-refractivity contribution is -0.123. The Kier molecular flexibility index (Phi) is 7.31. The van der Waals surface area contributed by atoms with Gasteiger partial charge in [0.15, 0.2) is 6.61 Å². The molecule has 1 fully saturated rings. The van der Waals surface area contributed by atoms with Crippen molar-refractivity contribution >= 4 is 5.91 Å². The van der Waals surface area contributed by atoms with E-state index in [1.165, 1.54) is 5.56 Å². The SMILES string of the molecule is Cc1ccc(Oc2ccc(OCC(=O)NC(C)CCC3CCCO3)cc2)cc1. The first-order valence-corrected chi connectivity index (χ1v) is 9.97. The maximum Gasteiger partial charge on any atom is 0.258 e. The lowest BCUT2D eigenvalue weighted by Gasteiger charge is -2.16. The number of aryl methyl sites for hydroxylation is 1. The minimum atomic E-state index is -0.111. The van der Waals surface area contributed by atoms with Gasteiger partial charge in [-0.05, 0) is 75.9 Å². The van der Waals surface area contributed by atoms with Crippen LogP contribution < -0.4 is 14.8 Å². The van der Waals surface area contributed by atoms with Crippen molar-refractivity contribution in [2.24, 2.45) is 0 Å². The number of carbonyl (C=O) groups is 1. The molecule has 1 saturated heterocycles. The van der Waals surface area contributed by atoms with E-state index in [-0.39, 0.29) is 18.6 Å². The average Bonchev–Trinajstić information content (AvgIpc) is 3.21. The monoisotopic (exact) mass is 383 g/mol. The molecule has 0 aliphatic carbocycles. The van der Waals surface area contributed by atoms with Crippen LogP contribution in [0.1, 0.15) is 38.2 Å². The summed E-state index contributed by atoms with van der Waals surface area (Å²) in [7, 11) is 0. The third-order valence-corrected chi connectivity index (χ3v) is 4.80. The Labute approximate surface area is 167 Å². The summed E-state index contributed by atoms with van der Waals surface area (Å²) in [5, 5.41) is 2.98. The average molecular weight is 383 g/mol. The van der Waals surface area contributed by atoms with Gasteiger partial charge in [-0.3, -0.25) is 4.79 Å². The molecule has 0 saturated carbocycles. The van der Waals surface area contributed by atoms with Gasteiger partial charge in [0.05, 0.1) is 6.10 Å². The maximum absolute atomic E-state index is 12.1. The molecule has 1 heterocycles. The van der Waals surface area contributed by atoms with Gasteiger partial charge in [-0.15, -0.1) is 0 Å². The third-order valence-electron chi connectivity index (χ3n) is 4.80. The molecule has 1 aliphatic heterocycles. The highest BCUT2D eigenvalue weighted by Gasteiger charge is 2.17. The molecule has 3 rings (SSSR count). The maximum atomic E-state index is 12.1. The molecule has 0 bridgehead atoms. The zero-order chi connectivity index (χ0) is 19.8. The van der Waals surface area contributed by atoms with Gasteiger partial charge in [-0.2, -0.15) is 0 Å². The lowest BCUT2D eigenvalue weighted by Crippen LogP contribution is -2.36. The topological polar surface area (TPSA) is 56.8 Å². The van der Waals surface area contributed by atoms with Crippen LogP contribution in [0.4, 0.5) is 0 Å². The van der Waals surface area contributed by atoms with Crippen molar-refractivity contribution in [2.45, 2.75) is 51.7 Å². The Morgan fingerprint density at radius 2 is 1.75 bits per heavy atom. The molecule has 150 valence electrons. The molecule has 28 heavy (non-hydrogen) atoms. The van der Waals surface area contributed by atoms with Gasteiger partial charge in [0, 0.05) is 12.6 Å². The van der Waals surface area contributed by atoms with Gasteiger partial charge in [0.2, 0.25) is 0 Å². The van der Waals surface area contributed by atoms with Crippen LogP contribution in [0.2, 0.25) is 0 Å². The highest BCUT2D eigenvalue weighted by atomic mass is 16.5. The summed E-state index contributed by atoms with van der Waals surface area (Å²) >= 11 is 0. The van der Waals surface area contributed by atoms with Crippen LogP contribution in [0, 0.1) is 6.92 Å². The number of ether oxygens (including phenoxy) is 3. The number of benzene rings is 2. The van der Waals surface area contributed by atoms with E-state index >= 15 is 0 Å². The first-order valence-electron chi connectivity index (χ1n) is 9.97. The van der Waals surface area contributed by atoms with Crippen molar-refractivity contribution in [1.29, 1.82) is 0 Å². The number of hydrogen-bond acceptors (Lipinski definition) is 4. The summed E-state index contributed by atoms with van der Waals surface area (Å²) in [6, 6.07) is 15.3. The second-order valence-electron chi connectivity index (χ2n) is 7.36. The fraction of sp³-hybridized carbons (Fsp3) is 0.435. The molecule has 0 radical (unpaired) electrons. The molecule has 0 aromatic heterocycles. The molecule has 2 unspecified atom stereocenters. The standard InChI is InChI=1S/C23H29NO4/c1-17-5-8-21(9-6-17)28-22-13-11-20(12-14-22)27-16-23(25)24-18(2)7-10-19-4-3-15-26-19/h5-6,8-9,11-14,18-19H,3-4,7,10,15-16H2,1-2H3,(H,24,25). The van der Waals surface area contributed by atoms with E-state index in [1.54, 1.807) is 12.1 Å². The van der Waals surface area contributed by atoms with E-state index in [0.29, 0.717) is 11.9 Å². The van der Waals surface area contributed by atoms with Crippen molar-refractivity contribution in [3.63, 3.8) is 0 Å².